The first kappa shape index (κ1) is 14.3. The lowest BCUT2D eigenvalue weighted by molar-refractivity contribution is 0.185. The minimum atomic E-state index is 0.327. The summed E-state index contributed by atoms with van der Waals surface area (Å²) >= 11 is 0. The van der Waals surface area contributed by atoms with E-state index in [-0.39, 0.29) is 0 Å². The molecular formula is C13H28N4. The van der Waals surface area contributed by atoms with Gasteiger partial charge in [-0.3, -0.25) is 10.4 Å². The standard InChI is InChI=1S/C13H28N4/c1-10(2)9-15-12(17-14)16-11-7-5-6-8-13(11,3)4/h10-11H,5-9,14H2,1-4H3,(H2,15,16,17). The summed E-state index contributed by atoms with van der Waals surface area (Å²) in [6.45, 7) is 9.75. The highest BCUT2D eigenvalue weighted by molar-refractivity contribution is 5.79. The predicted octanol–water partition coefficient (Wildman–Crippen LogP) is 2.02. The van der Waals surface area contributed by atoms with Crippen LogP contribution in [0.4, 0.5) is 0 Å². The zero-order valence-electron chi connectivity index (χ0n) is 11.7. The minimum absolute atomic E-state index is 0.327. The second-order valence-electron chi connectivity index (χ2n) is 6.16. The number of aliphatic imine (C=N–C) groups is 1. The van der Waals surface area contributed by atoms with E-state index in [1.165, 1.54) is 25.7 Å². The average molecular weight is 240 g/mol. The van der Waals surface area contributed by atoms with E-state index in [0.29, 0.717) is 17.4 Å². The van der Waals surface area contributed by atoms with Crippen LogP contribution in [0, 0.1) is 11.3 Å². The Labute approximate surface area is 105 Å². The number of hydrazine groups is 1. The van der Waals surface area contributed by atoms with Crippen molar-refractivity contribution in [2.45, 2.75) is 59.4 Å². The van der Waals surface area contributed by atoms with E-state index in [9.17, 15) is 0 Å². The first-order valence-corrected chi connectivity index (χ1v) is 6.73. The van der Waals surface area contributed by atoms with Gasteiger partial charge in [-0.1, -0.05) is 40.5 Å². The maximum absolute atomic E-state index is 5.52. The van der Waals surface area contributed by atoms with Gasteiger partial charge < -0.3 is 5.32 Å². The Balaban J connectivity index is 2.57. The molecule has 1 fully saturated rings. The van der Waals surface area contributed by atoms with Crippen LogP contribution in [0.25, 0.3) is 0 Å². The summed E-state index contributed by atoms with van der Waals surface area (Å²) in [5, 5.41) is 3.47. The molecule has 1 unspecified atom stereocenters. The van der Waals surface area contributed by atoms with Crippen molar-refractivity contribution in [3.63, 3.8) is 0 Å². The van der Waals surface area contributed by atoms with E-state index in [4.69, 9.17) is 5.84 Å². The molecule has 0 heterocycles. The first-order chi connectivity index (χ1) is 7.95. The number of nitrogens with zero attached hydrogens (tertiary/aromatic N) is 1. The highest BCUT2D eigenvalue weighted by Gasteiger charge is 2.32. The van der Waals surface area contributed by atoms with Crippen LogP contribution in [-0.2, 0) is 0 Å². The number of nitrogens with one attached hydrogen (secondary N) is 2. The lowest BCUT2D eigenvalue weighted by Crippen LogP contribution is -2.52. The third kappa shape index (κ3) is 4.54. The van der Waals surface area contributed by atoms with Crippen LogP contribution in [0.1, 0.15) is 53.4 Å². The van der Waals surface area contributed by atoms with Gasteiger partial charge in [0.05, 0.1) is 0 Å². The number of rotatable bonds is 3. The minimum Gasteiger partial charge on any atom is -0.352 e. The molecule has 0 saturated heterocycles. The third-order valence-electron chi connectivity index (χ3n) is 3.57. The van der Waals surface area contributed by atoms with Crippen LogP contribution in [0.15, 0.2) is 4.99 Å². The molecule has 0 radical (unpaired) electrons. The quantitative estimate of drug-likeness (QED) is 0.306. The van der Waals surface area contributed by atoms with E-state index in [1.54, 1.807) is 0 Å². The SMILES string of the molecule is CC(C)CN=C(NN)NC1CCCCC1(C)C. The highest BCUT2D eigenvalue weighted by atomic mass is 15.3. The molecule has 1 saturated carbocycles. The summed E-state index contributed by atoms with van der Waals surface area (Å²) < 4.78 is 0. The van der Waals surface area contributed by atoms with Gasteiger partial charge in [0.1, 0.15) is 0 Å². The lowest BCUT2D eigenvalue weighted by atomic mass is 9.73. The van der Waals surface area contributed by atoms with Crippen molar-refractivity contribution < 1.29 is 0 Å². The van der Waals surface area contributed by atoms with Gasteiger partial charge in [0.25, 0.3) is 0 Å². The smallest absolute Gasteiger partial charge is 0.205 e. The molecule has 1 rings (SSSR count). The summed E-state index contributed by atoms with van der Waals surface area (Å²) in [6, 6.07) is 0.471. The molecule has 0 aromatic carbocycles. The number of nitrogens with two attached hydrogens (primary N) is 1. The molecule has 1 aliphatic carbocycles. The van der Waals surface area contributed by atoms with Gasteiger partial charge >= 0.3 is 0 Å². The highest BCUT2D eigenvalue weighted by Crippen LogP contribution is 2.35. The van der Waals surface area contributed by atoms with Crippen LogP contribution in [0.2, 0.25) is 0 Å². The fourth-order valence-electron chi connectivity index (χ4n) is 2.33. The Morgan fingerprint density at radius 2 is 2.12 bits per heavy atom. The van der Waals surface area contributed by atoms with Crippen molar-refractivity contribution in [3.05, 3.63) is 0 Å². The number of hydrogen-bond acceptors (Lipinski definition) is 2. The third-order valence-corrected chi connectivity index (χ3v) is 3.57. The maximum atomic E-state index is 5.52. The maximum Gasteiger partial charge on any atom is 0.205 e. The molecule has 100 valence electrons. The summed E-state index contributed by atoms with van der Waals surface area (Å²) in [5.74, 6) is 6.81. The fraction of sp³-hybridized carbons (Fsp3) is 0.923. The van der Waals surface area contributed by atoms with E-state index >= 15 is 0 Å². The molecule has 0 amide bonds. The monoisotopic (exact) mass is 240 g/mol. The molecule has 4 nitrogen and oxygen atoms in total. The van der Waals surface area contributed by atoms with E-state index in [0.717, 1.165) is 12.5 Å². The molecule has 0 aromatic rings. The van der Waals surface area contributed by atoms with Crippen molar-refractivity contribution in [3.8, 4) is 0 Å². The zero-order valence-corrected chi connectivity index (χ0v) is 11.7. The molecule has 0 spiro atoms. The largest absolute Gasteiger partial charge is 0.352 e. The summed E-state index contributed by atoms with van der Waals surface area (Å²) in [5.41, 5.74) is 3.01. The van der Waals surface area contributed by atoms with Gasteiger partial charge in [-0.2, -0.15) is 0 Å². The second-order valence-corrected chi connectivity index (χ2v) is 6.16. The fourth-order valence-corrected chi connectivity index (χ4v) is 2.33. The first-order valence-electron chi connectivity index (χ1n) is 6.73. The van der Waals surface area contributed by atoms with Gasteiger partial charge in [-0.15, -0.1) is 0 Å². The van der Waals surface area contributed by atoms with Crippen LogP contribution < -0.4 is 16.6 Å². The van der Waals surface area contributed by atoms with Crippen molar-refractivity contribution >= 4 is 5.96 Å². The van der Waals surface area contributed by atoms with Crippen molar-refractivity contribution in [2.75, 3.05) is 6.54 Å². The average Bonchev–Trinajstić information content (AvgIpc) is 2.25. The van der Waals surface area contributed by atoms with Gasteiger partial charge in [0.15, 0.2) is 0 Å². The molecule has 0 aromatic heterocycles. The molecular weight excluding hydrogens is 212 g/mol. The Bertz CT molecular complexity index is 258. The summed E-state index contributed by atoms with van der Waals surface area (Å²) in [6.07, 6.45) is 5.10. The Morgan fingerprint density at radius 1 is 1.41 bits per heavy atom. The summed E-state index contributed by atoms with van der Waals surface area (Å²) in [4.78, 5) is 4.47. The Morgan fingerprint density at radius 3 is 2.65 bits per heavy atom. The summed E-state index contributed by atoms with van der Waals surface area (Å²) in [7, 11) is 0. The predicted molar refractivity (Wildman–Crippen MR) is 73.6 cm³/mol. The molecule has 1 atom stereocenters. The molecule has 4 N–H and O–H groups in total. The van der Waals surface area contributed by atoms with Gasteiger partial charge in [-0.05, 0) is 24.2 Å². The van der Waals surface area contributed by atoms with Crippen molar-refractivity contribution in [2.24, 2.45) is 22.2 Å². The van der Waals surface area contributed by atoms with E-state index in [2.05, 4.69) is 43.4 Å². The van der Waals surface area contributed by atoms with Gasteiger partial charge in [0.2, 0.25) is 5.96 Å². The van der Waals surface area contributed by atoms with Crippen molar-refractivity contribution in [1.82, 2.24) is 10.7 Å². The van der Waals surface area contributed by atoms with Gasteiger partial charge in [-0.25, -0.2) is 5.84 Å². The number of hydrogen-bond donors (Lipinski definition) is 3. The Kier molecular flexibility index (Phi) is 5.25. The van der Waals surface area contributed by atoms with Gasteiger partial charge in [0, 0.05) is 12.6 Å². The number of guanidine groups is 1. The zero-order chi connectivity index (χ0) is 12.9. The molecule has 4 heteroatoms. The second kappa shape index (κ2) is 6.24. The topological polar surface area (TPSA) is 62.4 Å². The van der Waals surface area contributed by atoms with Crippen LogP contribution >= 0.6 is 0 Å². The normalized spacial score (nSPS) is 24.8. The molecule has 0 aliphatic heterocycles. The van der Waals surface area contributed by atoms with Crippen LogP contribution in [-0.4, -0.2) is 18.5 Å². The Hall–Kier alpha value is -0.770. The van der Waals surface area contributed by atoms with Crippen LogP contribution in [0.3, 0.4) is 0 Å². The van der Waals surface area contributed by atoms with Crippen LogP contribution in [0.5, 0.6) is 0 Å². The molecule has 0 bridgehead atoms. The van der Waals surface area contributed by atoms with Crippen molar-refractivity contribution in [1.29, 1.82) is 0 Å². The molecule has 17 heavy (non-hydrogen) atoms. The van der Waals surface area contributed by atoms with E-state index < -0.39 is 0 Å². The lowest BCUT2D eigenvalue weighted by Gasteiger charge is -2.39. The van der Waals surface area contributed by atoms with E-state index in [1.807, 2.05) is 0 Å². The molecule has 1 aliphatic rings.